The number of carbonyl (C=O) groups is 2. The summed E-state index contributed by atoms with van der Waals surface area (Å²) >= 11 is 3.42. The minimum atomic E-state index is -0.776. The van der Waals surface area contributed by atoms with Gasteiger partial charge in [-0.05, 0) is 36.8 Å². The van der Waals surface area contributed by atoms with E-state index in [9.17, 15) is 9.59 Å². The van der Waals surface area contributed by atoms with Gasteiger partial charge in [-0.2, -0.15) is 5.10 Å². The molecule has 1 atom stereocenters. The number of morpholine rings is 1. The highest BCUT2D eigenvalue weighted by atomic mass is 79.9. The Bertz CT molecular complexity index is 1060. The molecule has 0 aliphatic carbocycles. The number of nitrogens with one attached hydrogen (secondary N) is 1. The van der Waals surface area contributed by atoms with Gasteiger partial charge in [-0.3, -0.25) is 9.59 Å². The van der Waals surface area contributed by atoms with Crippen molar-refractivity contribution in [2.75, 3.05) is 26.3 Å². The summed E-state index contributed by atoms with van der Waals surface area (Å²) in [5, 5.41) is 7.31. The van der Waals surface area contributed by atoms with Gasteiger partial charge in [0.05, 0.1) is 36.4 Å². The molecule has 2 amide bonds. The third-order valence-electron chi connectivity index (χ3n) is 5.30. The zero-order valence-corrected chi connectivity index (χ0v) is 18.7. The summed E-state index contributed by atoms with van der Waals surface area (Å²) in [6, 6.07) is 16.2. The molecule has 1 aliphatic heterocycles. The minimum absolute atomic E-state index is 0.138. The number of ether oxygens (including phenoxy) is 1. The van der Waals surface area contributed by atoms with Crippen LogP contribution >= 0.6 is 15.9 Å². The fourth-order valence-electron chi connectivity index (χ4n) is 3.58. The Morgan fingerprint density at radius 1 is 1.06 bits per heavy atom. The average molecular weight is 483 g/mol. The molecule has 0 spiro atoms. The van der Waals surface area contributed by atoms with E-state index in [1.54, 1.807) is 9.58 Å². The van der Waals surface area contributed by atoms with Gasteiger partial charge in [0.1, 0.15) is 6.04 Å². The van der Waals surface area contributed by atoms with E-state index in [0.717, 1.165) is 15.7 Å². The molecule has 8 heteroatoms. The van der Waals surface area contributed by atoms with Gasteiger partial charge in [0.25, 0.3) is 5.91 Å². The molecule has 3 aromatic rings. The topological polar surface area (TPSA) is 76.5 Å². The van der Waals surface area contributed by atoms with Crippen molar-refractivity contribution in [2.24, 2.45) is 0 Å². The van der Waals surface area contributed by atoms with Crippen LogP contribution in [0.3, 0.4) is 0 Å². The monoisotopic (exact) mass is 482 g/mol. The van der Waals surface area contributed by atoms with Crippen molar-refractivity contribution >= 4 is 27.7 Å². The second-order valence-corrected chi connectivity index (χ2v) is 8.20. The zero-order chi connectivity index (χ0) is 21.8. The van der Waals surface area contributed by atoms with Crippen molar-refractivity contribution in [3.05, 3.63) is 82.1 Å². The van der Waals surface area contributed by atoms with Gasteiger partial charge < -0.3 is 15.0 Å². The number of amides is 2. The van der Waals surface area contributed by atoms with E-state index in [0.29, 0.717) is 37.6 Å². The molecule has 1 N–H and O–H groups in total. The second-order valence-electron chi connectivity index (χ2n) is 7.29. The standard InChI is InChI=1S/C23H23BrN4O3/c1-16-20(15-25-28(16)19-9-7-18(24)8-10-19)22(29)26-21(17-5-3-2-4-6-17)23(30)27-11-13-31-14-12-27/h2-10,15,21H,11-14H2,1H3,(H,26,29)/t21-/m1/s1. The fourth-order valence-corrected chi connectivity index (χ4v) is 3.85. The van der Waals surface area contributed by atoms with Crippen LogP contribution in [-0.2, 0) is 9.53 Å². The highest BCUT2D eigenvalue weighted by molar-refractivity contribution is 9.10. The molecule has 2 aromatic carbocycles. The first-order valence-corrected chi connectivity index (χ1v) is 10.9. The van der Waals surface area contributed by atoms with Gasteiger partial charge in [0.15, 0.2) is 0 Å². The maximum absolute atomic E-state index is 13.2. The van der Waals surface area contributed by atoms with Gasteiger partial charge in [-0.1, -0.05) is 46.3 Å². The number of hydrogen-bond acceptors (Lipinski definition) is 4. The van der Waals surface area contributed by atoms with Gasteiger partial charge in [0.2, 0.25) is 5.91 Å². The number of hydrogen-bond donors (Lipinski definition) is 1. The van der Waals surface area contributed by atoms with Crippen molar-refractivity contribution in [3.63, 3.8) is 0 Å². The van der Waals surface area contributed by atoms with E-state index in [2.05, 4.69) is 26.3 Å². The summed E-state index contributed by atoms with van der Waals surface area (Å²) in [7, 11) is 0. The van der Waals surface area contributed by atoms with Crippen molar-refractivity contribution in [1.29, 1.82) is 0 Å². The van der Waals surface area contributed by atoms with Crippen molar-refractivity contribution in [3.8, 4) is 5.69 Å². The van der Waals surface area contributed by atoms with Crippen LogP contribution in [0.4, 0.5) is 0 Å². The molecule has 160 valence electrons. The third kappa shape index (κ3) is 4.70. The maximum atomic E-state index is 13.2. The Kier molecular flexibility index (Phi) is 6.48. The van der Waals surface area contributed by atoms with Crippen molar-refractivity contribution in [1.82, 2.24) is 20.0 Å². The quantitative estimate of drug-likeness (QED) is 0.605. The zero-order valence-electron chi connectivity index (χ0n) is 17.1. The highest BCUT2D eigenvalue weighted by Crippen LogP contribution is 2.20. The summed E-state index contributed by atoms with van der Waals surface area (Å²) in [5.74, 6) is -0.475. The van der Waals surface area contributed by atoms with E-state index in [1.807, 2.05) is 61.5 Å². The number of nitrogens with zero attached hydrogens (tertiary/aromatic N) is 3. The Labute approximate surface area is 189 Å². The number of rotatable bonds is 5. The smallest absolute Gasteiger partial charge is 0.255 e. The Morgan fingerprint density at radius 3 is 2.42 bits per heavy atom. The molecule has 2 heterocycles. The first-order valence-electron chi connectivity index (χ1n) is 10.1. The first-order chi connectivity index (χ1) is 15.0. The molecule has 1 aliphatic rings. The summed E-state index contributed by atoms with van der Waals surface area (Å²) in [6.45, 7) is 3.86. The van der Waals surface area contributed by atoms with Crippen LogP contribution in [0.2, 0.25) is 0 Å². The van der Waals surface area contributed by atoms with E-state index in [1.165, 1.54) is 6.20 Å². The number of aromatic nitrogens is 2. The lowest BCUT2D eigenvalue weighted by Gasteiger charge is -2.31. The third-order valence-corrected chi connectivity index (χ3v) is 5.83. The van der Waals surface area contributed by atoms with Crippen LogP contribution in [-0.4, -0.2) is 52.8 Å². The molecule has 0 radical (unpaired) electrons. The highest BCUT2D eigenvalue weighted by Gasteiger charge is 2.29. The largest absolute Gasteiger partial charge is 0.378 e. The second kappa shape index (κ2) is 9.45. The van der Waals surface area contributed by atoms with E-state index < -0.39 is 6.04 Å². The summed E-state index contributed by atoms with van der Waals surface area (Å²) < 4.78 is 8.03. The first kappa shape index (κ1) is 21.3. The summed E-state index contributed by atoms with van der Waals surface area (Å²) in [6.07, 6.45) is 1.54. The van der Waals surface area contributed by atoms with Crippen LogP contribution in [0.25, 0.3) is 5.69 Å². The number of benzene rings is 2. The normalized spacial score (nSPS) is 14.8. The van der Waals surface area contributed by atoms with Crippen LogP contribution in [0.5, 0.6) is 0 Å². The van der Waals surface area contributed by atoms with E-state index in [-0.39, 0.29) is 11.8 Å². The summed E-state index contributed by atoms with van der Waals surface area (Å²) in [4.78, 5) is 28.1. The molecule has 1 saturated heterocycles. The summed E-state index contributed by atoms with van der Waals surface area (Å²) in [5.41, 5.74) is 2.72. The Hall–Kier alpha value is -2.97. The van der Waals surface area contributed by atoms with Gasteiger partial charge in [-0.25, -0.2) is 4.68 Å². The molecule has 7 nitrogen and oxygen atoms in total. The predicted octanol–water partition coefficient (Wildman–Crippen LogP) is 3.27. The van der Waals surface area contributed by atoms with E-state index in [4.69, 9.17) is 4.74 Å². The SMILES string of the molecule is Cc1c(C(=O)N[C@@H](C(=O)N2CCOCC2)c2ccccc2)cnn1-c1ccc(Br)cc1. The van der Waals surface area contributed by atoms with Crippen molar-refractivity contribution in [2.45, 2.75) is 13.0 Å². The molecular formula is C23H23BrN4O3. The molecule has 4 rings (SSSR count). The van der Waals surface area contributed by atoms with Gasteiger partial charge in [-0.15, -0.1) is 0 Å². The van der Waals surface area contributed by atoms with Gasteiger partial charge >= 0.3 is 0 Å². The van der Waals surface area contributed by atoms with Crippen molar-refractivity contribution < 1.29 is 14.3 Å². The fraction of sp³-hybridized carbons (Fsp3) is 0.261. The Morgan fingerprint density at radius 2 is 1.74 bits per heavy atom. The molecule has 1 fully saturated rings. The average Bonchev–Trinajstić information content (AvgIpc) is 3.20. The number of halogens is 1. The maximum Gasteiger partial charge on any atom is 0.255 e. The molecule has 0 unspecified atom stereocenters. The molecule has 0 bridgehead atoms. The number of carbonyl (C=O) groups excluding carboxylic acids is 2. The van der Waals surface area contributed by atoms with E-state index >= 15 is 0 Å². The molecule has 1 aromatic heterocycles. The molecule has 31 heavy (non-hydrogen) atoms. The van der Waals surface area contributed by atoms with Gasteiger partial charge in [0, 0.05) is 17.6 Å². The molecular weight excluding hydrogens is 460 g/mol. The lowest BCUT2D eigenvalue weighted by Crippen LogP contribution is -2.47. The molecule has 0 saturated carbocycles. The Balaban J connectivity index is 1.59. The van der Waals surface area contributed by atoms with Crippen LogP contribution in [0.1, 0.15) is 27.7 Å². The van der Waals surface area contributed by atoms with Crippen LogP contribution in [0.15, 0.2) is 65.3 Å². The minimum Gasteiger partial charge on any atom is -0.378 e. The van der Waals surface area contributed by atoms with Crippen LogP contribution < -0.4 is 5.32 Å². The lowest BCUT2D eigenvalue weighted by atomic mass is 10.0. The predicted molar refractivity (Wildman–Crippen MR) is 120 cm³/mol. The van der Waals surface area contributed by atoms with Crippen LogP contribution in [0, 0.1) is 6.92 Å². The lowest BCUT2D eigenvalue weighted by molar-refractivity contribution is -0.137.